The van der Waals surface area contributed by atoms with Crippen LogP contribution in [0.1, 0.15) is 71.3 Å². The Bertz CT molecular complexity index is 958. The number of carbonyl (C=O) groups excluding carboxylic acids is 1. The average Bonchev–Trinajstić information content (AvgIpc) is 3.12. The monoisotopic (exact) mass is 426 g/mol. The molecule has 0 bridgehead atoms. The number of hydrogen-bond acceptors (Lipinski definition) is 7. The van der Waals surface area contributed by atoms with Gasteiger partial charge in [0.05, 0.1) is 11.9 Å². The van der Waals surface area contributed by atoms with E-state index in [-0.39, 0.29) is 11.3 Å². The van der Waals surface area contributed by atoms with E-state index in [0.717, 1.165) is 44.3 Å². The third-order valence-electron chi connectivity index (χ3n) is 6.88. The number of hydrogen-bond donors (Lipinski definition) is 3. The van der Waals surface area contributed by atoms with Crippen LogP contribution in [0.2, 0.25) is 0 Å². The van der Waals surface area contributed by atoms with Gasteiger partial charge in [-0.1, -0.05) is 24.7 Å². The third-order valence-corrected chi connectivity index (χ3v) is 6.88. The highest BCUT2D eigenvalue weighted by Crippen LogP contribution is 2.59. The second kappa shape index (κ2) is 8.43. The molecule has 1 spiro atoms. The Kier molecular flexibility index (Phi) is 5.85. The molecule has 8 nitrogen and oxygen atoms in total. The highest BCUT2D eigenvalue weighted by atomic mass is 16.5. The van der Waals surface area contributed by atoms with E-state index in [1.807, 2.05) is 11.8 Å². The number of nitrogens with one attached hydrogen (secondary N) is 2. The first kappa shape index (κ1) is 21.5. The highest BCUT2D eigenvalue weighted by molar-refractivity contribution is 5.96. The van der Waals surface area contributed by atoms with Gasteiger partial charge < -0.3 is 24.4 Å². The van der Waals surface area contributed by atoms with Gasteiger partial charge in [0.25, 0.3) is 5.91 Å². The van der Waals surface area contributed by atoms with Gasteiger partial charge in [-0.15, -0.1) is 0 Å². The zero-order chi connectivity index (χ0) is 22.2. The normalized spacial score (nSPS) is 20.6. The van der Waals surface area contributed by atoms with Crippen molar-refractivity contribution in [2.45, 2.75) is 45.8 Å². The summed E-state index contributed by atoms with van der Waals surface area (Å²) in [4.78, 5) is 14.9. The van der Waals surface area contributed by atoms with E-state index in [0.29, 0.717) is 47.3 Å². The number of aliphatic hydroxyl groups is 1. The number of likely N-dealkylation sites (tertiary alicyclic amines) is 1. The number of rotatable bonds is 8. The van der Waals surface area contributed by atoms with E-state index in [2.05, 4.69) is 17.1 Å². The molecule has 2 fully saturated rings. The lowest BCUT2D eigenvalue weighted by Crippen LogP contribution is -2.40. The number of carbonyl (C=O) groups is 1. The van der Waals surface area contributed by atoms with E-state index >= 15 is 0 Å². The zero-order valence-corrected chi connectivity index (χ0v) is 18.1. The molecular weight excluding hydrogens is 396 g/mol. The topological polar surface area (TPSA) is 116 Å². The summed E-state index contributed by atoms with van der Waals surface area (Å²) in [6, 6.07) is 1.70. The van der Waals surface area contributed by atoms with Crippen LogP contribution in [0.5, 0.6) is 0 Å². The molecule has 2 aliphatic rings. The van der Waals surface area contributed by atoms with E-state index in [4.69, 9.17) is 14.3 Å². The van der Waals surface area contributed by atoms with Crippen molar-refractivity contribution in [1.29, 1.82) is 5.41 Å². The predicted octanol–water partition coefficient (Wildman–Crippen LogP) is 3.30. The van der Waals surface area contributed by atoms with Gasteiger partial charge in [-0.2, -0.15) is 0 Å². The van der Waals surface area contributed by atoms with Gasteiger partial charge in [0.1, 0.15) is 17.1 Å². The summed E-state index contributed by atoms with van der Waals surface area (Å²) in [6.07, 6.45) is 5.51. The molecule has 1 aliphatic carbocycles. The lowest BCUT2D eigenvalue weighted by atomic mass is 9.90. The highest BCUT2D eigenvalue weighted by Gasteiger charge is 2.54. The number of amides is 1. The van der Waals surface area contributed by atoms with Crippen molar-refractivity contribution in [3.05, 3.63) is 46.7 Å². The third kappa shape index (κ3) is 3.97. The number of furan rings is 1. The molecule has 2 aromatic heterocycles. The quantitative estimate of drug-likeness (QED) is 0.441. The molecule has 0 radical (unpaired) electrons. The summed E-state index contributed by atoms with van der Waals surface area (Å²) in [5, 5.41) is 25.0. The lowest BCUT2D eigenvalue weighted by Gasteiger charge is -2.33. The minimum atomic E-state index is -0.921. The molecule has 2 atom stereocenters. The SMILES string of the molecule is C=Cc1cc(C(O)NCC2CC23CCN(C(=O)c2c(CC)noc2C)CC3)oc1C=N. The maximum absolute atomic E-state index is 13.0. The van der Waals surface area contributed by atoms with Crippen LogP contribution in [-0.4, -0.2) is 46.9 Å². The van der Waals surface area contributed by atoms with Crippen LogP contribution in [0.4, 0.5) is 0 Å². The zero-order valence-electron chi connectivity index (χ0n) is 18.1. The van der Waals surface area contributed by atoms with E-state index in [1.165, 1.54) is 0 Å². The molecular formula is C23H30N4O4. The van der Waals surface area contributed by atoms with Crippen LogP contribution in [-0.2, 0) is 6.42 Å². The van der Waals surface area contributed by atoms with Gasteiger partial charge in [-0.25, -0.2) is 0 Å². The Hall–Kier alpha value is -2.71. The largest absolute Gasteiger partial charge is 0.455 e. The maximum Gasteiger partial charge on any atom is 0.259 e. The summed E-state index contributed by atoms with van der Waals surface area (Å²) >= 11 is 0. The first-order chi connectivity index (χ1) is 14.9. The van der Waals surface area contributed by atoms with Crippen molar-refractivity contribution in [3.63, 3.8) is 0 Å². The molecule has 166 valence electrons. The smallest absolute Gasteiger partial charge is 0.259 e. The van der Waals surface area contributed by atoms with Gasteiger partial charge in [-0.05, 0) is 50.0 Å². The molecule has 3 heterocycles. The number of nitrogens with zero attached hydrogens (tertiary/aromatic N) is 2. The molecule has 8 heteroatoms. The van der Waals surface area contributed by atoms with Crippen LogP contribution in [0.25, 0.3) is 6.08 Å². The van der Waals surface area contributed by atoms with Gasteiger partial charge >= 0.3 is 0 Å². The number of piperidine rings is 1. The summed E-state index contributed by atoms with van der Waals surface area (Å²) in [5.74, 6) is 1.86. The van der Waals surface area contributed by atoms with Crippen LogP contribution >= 0.6 is 0 Å². The van der Waals surface area contributed by atoms with Gasteiger partial charge in [0.15, 0.2) is 12.0 Å². The van der Waals surface area contributed by atoms with Gasteiger partial charge in [0, 0.05) is 25.2 Å². The van der Waals surface area contributed by atoms with E-state index in [1.54, 1.807) is 19.1 Å². The first-order valence-corrected chi connectivity index (χ1v) is 10.8. The molecule has 1 saturated carbocycles. The Balaban J connectivity index is 1.29. The fourth-order valence-electron chi connectivity index (χ4n) is 4.78. The fourth-order valence-corrected chi connectivity index (χ4v) is 4.78. The lowest BCUT2D eigenvalue weighted by molar-refractivity contribution is 0.0660. The van der Waals surface area contributed by atoms with Crippen molar-refractivity contribution in [3.8, 4) is 0 Å². The first-order valence-electron chi connectivity index (χ1n) is 10.8. The van der Waals surface area contributed by atoms with Crippen LogP contribution in [0.15, 0.2) is 21.6 Å². The Morgan fingerprint density at radius 3 is 2.87 bits per heavy atom. The van der Waals surface area contributed by atoms with E-state index < -0.39 is 6.23 Å². The van der Waals surface area contributed by atoms with Gasteiger partial charge in [-0.3, -0.25) is 10.1 Å². The van der Waals surface area contributed by atoms with Crippen LogP contribution in [0, 0.1) is 23.7 Å². The van der Waals surface area contributed by atoms with Crippen LogP contribution in [0.3, 0.4) is 0 Å². The van der Waals surface area contributed by atoms with Crippen molar-refractivity contribution >= 4 is 18.2 Å². The molecule has 1 saturated heterocycles. The number of aromatic nitrogens is 1. The molecule has 4 rings (SSSR count). The maximum atomic E-state index is 13.0. The van der Waals surface area contributed by atoms with Crippen LogP contribution < -0.4 is 5.32 Å². The molecule has 2 aromatic rings. The van der Waals surface area contributed by atoms with Crippen molar-refractivity contribution < 1.29 is 18.8 Å². The molecule has 0 aromatic carbocycles. The summed E-state index contributed by atoms with van der Waals surface area (Å²) in [5.41, 5.74) is 2.29. The van der Waals surface area contributed by atoms with Crippen molar-refractivity contribution in [2.75, 3.05) is 19.6 Å². The second-order valence-corrected chi connectivity index (χ2v) is 8.60. The summed E-state index contributed by atoms with van der Waals surface area (Å²) in [6.45, 7) is 9.61. The molecule has 3 N–H and O–H groups in total. The Morgan fingerprint density at radius 1 is 1.52 bits per heavy atom. The molecule has 2 unspecified atom stereocenters. The molecule has 1 aliphatic heterocycles. The standard InChI is InChI=1S/C23H30N4O4/c1-4-15-10-18(30-19(15)12-24)21(28)25-13-16-11-23(16)6-8-27(9-7-23)22(29)20-14(3)31-26-17(20)5-2/h4,10,12,16,21,24-25,28H,1,5-9,11,13H2,2-3H3. The Labute approximate surface area is 181 Å². The fraction of sp³-hybridized carbons (Fsp3) is 0.522. The van der Waals surface area contributed by atoms with E-state index in [9.17, 15) is 9.90 Å². The minimum Gasteiger partial charge on any atom is -0.455 e. The van der Waals surface area contributed by atoms with Gasteiger partial charge in [0.2, 0.25) is 0 Å². The summed E-state index contributed by atoms with van der Waals surface area (Å²) < 4.78 is 10.8. The van der Waals surface area contributed by atoms with Crippen molar-refractivity contribution in [1.82, 2.24) is 15.4 Å². The number of aryl methyl sites for hydroxylation is 2. The second-order valence-electron chi connectivity index (χ2n) is 8.60. The number of aliphatic hydroxyl groups excluding tert-OH is 1. The average molecular weight is 427 g/mol. The summed E-state index contributed by atoms with van der Waals surface area (Å²) in [7, 11) is 0. The molecule has 31 heavy (non-hydrogen) atoms. The van der Waals surface area contributed by atoms with Crippen molar-refractivity contribution in [2.24, 2.45) is 11.3 Å². The predicted molar refractivity (Wildman–Crippen MR) is 116 cm³/mol. The molecule has 1 amide bonds. The minimum absolute atomic E-state index is 0.0223. The Morgan fingerprint density at radius 2 is 2.26 bits per heavy atom.